The predicted molar refractivity (Wildman–Crippen MR) is 137 cm³/mol. The van der Waals surface area contributed by atoms with Crippen molar-refractivity contribution in [3.8, 4) is 5.75 Å². The van der Waals surface area contributed by atoms with Crippen LogP contribution in [0.1, 0.15) is 46.1 Å². The number of hydrogen-bond acceptors (Lipinski definition) is 8. The molecule has 10 nitrogen and oxygen atoms in total. The van der Waals surface area contributed by atoms with Gasteiger partial charge >= 0.3 is 12.1 Å². The molecule has 2 rings (SSSR count). The molecule has 0 radical (unpaired) electrons. The number of esters is 1. The molecule has 206 valence electrons. The summed E-state index contributed by atoms with van der Waals surface area (Å²) in [5, 5.41) is 0. The summed E-state index contributed by atoms with van der Waals surface area (Å²) in [5.74, 6) is -0.0252. The van der Waals surface area contributed by atoms with Crippen molar-refractivity contribution in [1.29, 1.82) is 0 Å². The highest BCUT2D eigenvalue weighted by Gasteiger charge is 2.46. The maximum absolute atomic E-state index is 13.4. The van der Waals surface area contributed by atoms with Gasteiger partial charge in [0.2, 0.25) is 0 Å². The number of hydrogen-bond donors (Lipinski definition) is 0. The minimum absolute atomic E-state index is 0.0825. The Balaban J connectivity index is 2.32. The Morgan fingerprint density at radius 3 is 2.14 bits per heavy atom. The molecule has 0 atom stereocenters. The van der Waals surface area contributed by atoms with E-state index in [-0.39, 0.29) is 24.9 Å². The van der Waals surface area contributed by atoms with E-state index >= 15 is 0 Å². The van der Waals surface area contributed by atoms with Crippen molar-refractivity contribution in [3.05, 3.63) is 41.9 Å². The lowest BCUT2D eigenvalue weighted by Gasteiger charge is -2.42. The van der Waals surface area contributed by atoms with Crippen LogP contribution in [0.2, 0.25) is 0 Å². The highest BCUT2D eigenvalue weighted by molar-refractivity contribution is 5.88. The van der Waals surface area contributed by atoms with Crippen molar-refractivity contribution in [2.75, 3.05) is 47.6 Å². The van der Waals surface area contributed by atoms with Crippen molar-refractivity contribution in [2.24, 2.45) is 5.41 Å². The number of likely N-dealkylation sites (tertiary alicyclic amines) is 1. The zero-order chi connectivity index (χ0) is 27.6. The van der Waals surface area contributed by atoms with Crippen molar-refractivity contribution >= 4 is 18.0 Å². The number of rotatable bonds is 10. The van der Waals surface area contributed by atoms with Crippen LogP contribution in [0.4, 0.5) is 4.79 Å². The summed E-state index contributed by atoms with van der Waals surface area (Å²) in [4.78, 5) is 42.2. The largest absolute Gasteiger partial charge is 0.497 e. The number of amides is 2. The van der Waals surface area contributed by atoms with Gasteiger partial charge in [-0.25, -0.2) is 4.79 Å². The van der Waals surface area contributed by atoms with Gasteiger partial charge in [0.1, 0.15) is 11.4 Å². The third kappa shape index (κ3) is 8.58. The smallest absolute Gasteiger partial charge is 0.410 e. The van der Waals surface area contributed by atoms with Crippen LogP contribution in [0.15, 0.2) is 36.3 Å². The summed E-state index contributed by atoms with van der Waals surface area (Å²) < 4.78 is 26.5. The van der Waals surface area contributed by atoms with Crippen molar-refractivity contribution in [1.82, 2.24) is 9.80 Å². The van der Waals surface area contributed by atoms with E-state index in [1.54, 1.807) is 44.6 Å². The third-order valence-electron chi connectivity index (χ3n) is 6.06. The molecule has 1 aliphatic rings. The Labute approximate surface area is 219 Å². The second kappa shape index (κ2) is 13.2. The zero-order valence-electron chi connectivity index (χ0n) is 23.0. The quantitative estimate of drug-likeness (QED) is 0.261. The molecule has 0 bridgehead atoms. The Hall–Kier alpha value is -3.43. The number of carbonyl (C=O) groups excluding carboxylic acids is 3. The van der Waals surface area contributed by atoms with Gasteiger partial charge in [-0.2, -0.15) is 0 Å². The van der Waals surface area contributed by atoms with E-state index < -0.39 is 23.1 Å². The molecule has 0 spiro atoms. The van der Waals surface area contributed by atoms with E-state index in [9.17, 15) is 14.4 Å². The number of carbonyl (C=O) groups is 3. The molecule has 0 unspecified atom stereocenters. The fraction of sp³-hybridized carbons (Fsp3) is 0.593. The van der Waals surface area contributed by atoms with Crippen LogP contribution in [0.25, 0.3) is 0 Å². The fourth-order valence-electron chi connectivity index (χ4n) is 4.11. The molecule has 1 aromatic rings. The molecule has 2 amide bonds. The second-order valence-corrected chi connectivity index (χ2v) is 9.88. The van der Waals surface area contributed by atoms with Crippen molar-refractivity contribution in [2.45, 2.75) is 52.7 Å². The third-order valence-corrected chi connectivity index (χ3v) is 6.06. The topological polar surface area (TPSA) is 104 Å². The van der Waals surface area contributed by atoms with Crippen LogP contribution in [-0.2, 0) is 35.1 Å². The van der Waals surface area contributed by atoms with E-state index in [0.29, 0.717) is 38.3 Å². The second-order valence-electron chi connectivity index (χ2n) is 9.88. The van der Waals surface area contributed by atoms with Gasteiger partial charge in [0.15, 0.2) is 0 Å². The first kappa shape index (κ1) is 29.8. The molecule has 1 aliphatic heterocycles. The van der Waals surface area contributed by atoms with Crippen LogP contribution < -0.4 is 4.74 Å². The summed E-state index contributed by atoms with van der Waals surface area (Å²) in [7, 11) is 4.34. The van der Waals surface area contributed by atoms with Crippen LogP contribution >= 0.6 is 0 Å². The van der Waals surface area contributed by atoms with E-state index in [1.807, 2.05) is 24.3 Å². The first-order valence-electron chi connectivity index (χ1n) is 12.3. The summed E-state index contributed by atoms with van der Waals surface area (Å²) in [6, 6.07) is 7.34. The Morgan fingerprint density at radius 1 is 1.03 bits per heavy atom. The number of piperidine rings is 1. The molecule has 1 heterocycles. The number of ether oxygens (including phenoxy) is 5. The lowest BCUT2D eigenvalue weighted by Crippen LogP contribution is -2.53. The minimum atomic E-state index is -0.998. The number of nitrogens with zero attached hydrogens (tertiary/aromatic N) is 2. The predicted octanol–water partition coefficient (Wildman–Crippen LogP) is 3.74. The molecule has 0 aliphatic carbocycles. The molecule has 0 N–H and O–H groups in total. The van der Waals surface area contributed by atoms with Gasteiger partial charge in [0, 0.05) is 26.2 Å². The summed E-state index contributed by atoms with van der Waals surface area (Å²) >= 11 is 0. The minimum Gasteiger partial charge on any atom is -0.497 e. The fourth-order valence-corrected chi connectivity index (χ4v) is 4.11. The lowest BCUT2D eigenvalue weighted by atomic mass is 9.77. The van der Waals surface area contributed by atoms with E-state index in [2.05, 4.69) is 0 Å². The highest BCUT2D eigenvalue weighted by atomic mass is 16.7. The summed E-state index contributed by atoms with van der Waals surface area (Å²) in [6.07, 6.45) is 1.48. The van der Waals surface area contributed by atoms with Gasteiger partial charge in [-0.1, -0.05) is 12.1 Å². The van der Waals surface area contributed by atoms with Crippen LogP contribution in [0, 0.1) is 5.41 Å². The van der Waals surface area contributed by atoms with E-state index in [1.165, 1.54) is 20.3 Å². The summed E-state index contributed by atoms with van der Waals surface area (Å²) in [5.41, 5.74) is -0.770. The highest BCUT2D eigenvalue weighted by Crippen LogP contribution is 2.35. The zero-order valence-corrected chi connectivity index (χ0v) is 23.0. The average Bonchev–Trinajstić information content (AvgIpc) is 2.87. The van der Waals surface area contributed by atoms with Gasteiger partial charge in [-0.15, -0.1) is 0 Å². The molecular formula is C27H40N2O8. The first-order chi connectivity index (χ1) is 17.5. The van der Waals surface area contributed by atoms with Gasteiger partial charge in [0.25, 0.3) is 11.9 Å². The normalized spacial score (nSPS) is 15.4. The molecule has 1 aromatic carbocycles. The van der Waals surface area contributed by atoms with E-state index in [4.69, 9.17) is 23.7 Å². The SMILES string of the molecule is CCO/C(=C/C(=O)N(Cc1ccc(OC)cc1)CC1(C(=O)OC)CCN(C(=O)OC(C)(C)C)CC1)OC. The molecular weight excluding hydrogens is 480 g/mol. The Kier molecular flexibility index (Phi) is 10.6. The number of benzene rings is 1. The monoisotopic (exact) mass is 520 g/mol. The first-order valence-corrected chi connectivity index (χ1v) is 12.3. The van der Waals surface area contributed by atoms with Gasteiger partial charge < -0.3 is 33.5 Å². The van der Waals surface area contributed by atoms with Crippen LogP contribution in [0.3, 0.4) is 0 Å². The van der Waals surface area contributed by atoms with Crippen LogP contribution in [0.5, 0.6) is 5.75 Å². The average molecular weight is 521 g/mol. The number of methoxy groups -OCH3 is 3. The molecule has 0 saturated carbocycles. The lowest BCUT2D eigenvalue weighted by molar-refractivity contribution is -0.158. The maximum Gasteiger partial charge on any atom is 0.410 e. The Morgan fingerprint density at radius 2 is 1.65 bits per heavy atom. The van der Waals surface area contributed by atoms with Gasteiger partial charge in [0.05, 0.1) is 39.4 Å². The van der Waals surface area contributed by atoms with Gasteiger partial charge in [-0.3, -0.25) is 9.59 Å². The molecule has 0 aromatic heterocycles. The van der Waals surface area contributed by atoms with E-state index in [0.717, 1.165) is 5.56 Å². The molecule has 1 fully saturated rings. The molecule has 10 heteroatoms. The van der Waals surface area contributed by atoms with Crippen LogP contribution in [-0.4, -0.2) is 80.9 Å². The summed E-state index contributed by atoms with van der Waals surface area (Å²) in [6.45, 7) is 8.46. The molecule has 1 saturated heterocycles. The molecule has 37 heavy (non-hydrogen) atoms. The maximum atomic E-state index is 13.4. The Bertz CT molecular complexity index is 944. The van der Waals surface area contributed by atoms with Gasteiger partial charge in [-0.05, 0) is 58.2 Å². The van der Waals surface area contributed by atoms with Crippen molar-refractivity contribution in [3.63, 3.8) is 0 Å². The standard InChI is InChI=1S/C27H40N2O8/c1-8-36-23(34-6)17-22(30)29(18-20-9-11-21(33-5)12-10-20)19-27(24(31)35-7)13-15-28(16-14-27)25(32)37-26(2,3)4/h9-12,17H,8,13-16,18-19H2,1-7H3/b23-17+. The van der Waals surface area contributed by atoms with Crippen molar-refractivity contribution < 1.29 is 38.1 Å².